The van der Waals surface area contributed by atoms with E-state index >= 15 is 0 Å². The van der Waals surface area contributed by atoms with Gasteiger partial charge in [-0.3, -0.25) is 9.98 Å². The Bertz CT molecular complexity index is 912. The van der Waals surface area contributed by atoms with Crippen molar-refractivity contribution >= 4 is 17.4 Å². The van der Waals surface area contributed by atoms with Crippen LogP contribution >= 0.6 is 0 Å². The Labute approximate surface area is 207 Å². The van der Waals surface area contributed by atoms with Crippen LogP contribution in [0, 0.1) is 0 Å². The third kappa shape index (κ3) is 12.2. The van der Waals surface area contributed by atoms with E-state index in [4.69, 9.17) is 17.2 Å². The first-order valence-corrected chi connectivity index (χ1v) is 11.6. The van der Waals surface area contributed by atoms with Gasteiger partial charge in [-0.1, -0.05) is 63.6 Å². The lowest BCUT2D eigenvalue weighted by Crippen LogP contribution is -2.45. The average Bonchev–Trinajstić information content (AvgIpc) is 2.84. The summed E-state index contributed by atoms with van der Waals surface area (Å²) in [6.45, 7) is 6.81. The van der Waals surface area contributed by atoms with Crippen LogP contribution in [0.2, 0.25) is 0 Å². The van der Waals surface area contributed by atoms with Gasteiger partial charge in [-0.15, -0.1) is 0 Å². The van der Waals surface area contributed by atoms with Gasteiger partial charge in [-0.2, -0.15) is 13.2 Å². The molecule has 0 aliphatic heterocycles. The van der Waals surface area contributed by atoms with E-state index in [0.29, 0.717) is 13.1 Å². The summed E-state index contributed by atoms with van der Waals surface area (Å²) in [5, 5.41) is 1.46. The molecule has 0 saturated heterocycles. The first-order valence-electron chi connectivity index (χ1n) is 11.6. The van der Waals surface area contributed by atoms with Gasteiger partial charge in [0.05, 0.1) is 12.1 Å². The second kappa shape index (κ2) is 17.3. The predicted molar refractivity (Wildman–Crippen MR) is 141 cm³/mol. The van der Waals surface area contributed by atoms with E-state index in [0.717, 1.165) is 24.6 Å². The minimum absolute atomic E-state index is 0.00826. The molecule has 0 spiro atoms. The lowest BCUT2D eigenvalue weighted by atomic mass is 10.1. The van der Waals surface area contributed by atoms with Crippen molar-refractivity contribution in [1.82, 2.24) is 10.4 Å². The Hall–Kier alpha value is -3.11. The zero-order valence-electron chi connectivity index (χ0n) is 21.4. The summed E-state index contributed by atoms with van der Waals surface area (Å²) in [5.41, 5.74) is 21.3. The monoisotopic (exact) mass is 495 g/mol. The molecular weight excluding hydrogens is 455 g/mol. The fourth-order valence-electron chi connectivity index (χ4n) is 2.90. The lowest BCUT2D eigenvalue weighted by molar-refractivity contribution is -0.138. The summed E-state index contributed by atoms with van der Waals surface area (Å²) in [4.78, 5) is 7.94. The maximum absolute atomic E-state index is 13.0. The molecule has 10 heteroatoms. The summed E-state index contributed by atoms with van der Waals surface area (Å²) in [6.07, 6.45) is -2.15. The van der Waals surface area contributed by atoms with Crippen LogP contribution in [0.5, 0.6) is 0 Å². The topological polar surface area (TPSA) is 118 Å². The highest BCUT2D eigenvalue weighted by Crippen LogP contribution is 2.32. The number of hydrazine groups is 1. The number of para-hydroxylation sites is 1. The molecule has 7 nitrogen and oxygen atoms in total. The zero-order valence-corrected chi connectivity index (χ0v) is 21.4. The largest absolute Gasteiger partial charge is 0.416 e. The van der Waals surface area contributed by atoms with Crippen molar-refractivity contribution in [2.75, 3.05) is 32.9 Å². The van der Waals surface area contributed by atoms with E-state index in [1.54, 1.807) is 13.1 Å². The van der Waals surface area contributed by atoms with Gasteiger partial charge in [0.25, 0.3) is 0 Å². The molecule has 0 fully saturated rings. The number of nitrogens with two attached hydrogens (primary N) is 3. The van der Waals surface area contributed by atoms with E-state index in [-0.39, 0.29) is 23.8 Å². The van der Waals surface area contributed by atoms with Gasteiger partial charge < -0.3 is 22.6 Å². The standard InChI is InChI=1S/C14H21F3N6.C9H13N.C2H6/c1-20-12(19)13(21-8-7-18)22-23(2)9-10-5-3-4-6-11(10)14(15,16)17;1-2-5-8-6-3-4-7-9(8)10;1-2/h3-6H,7-9,18H2,1-2H3,(H2,19,20)(H,21,22);3-4,6-7H,2,5,10H2,1H3;1-2H3. The summed E-state index contributed by atoms with van der Waals surface area (Å²) in [7, 11) is 3.09. The van der Waals surface area contributed by atoms with Crippen LogP contribution < -0.4 is 22.6 Å². The highest BCUT2D eigenvalue weighted by atomic mass is 19.4. The van der Waals surface area contributed by atoms with Gasteiger partial charge >= 0.3 is 6.18 Å². The third-order valence-corrected chi connectivity index (χ3v) is 4.48. The SMILES string of the molecule is CC.CCCc1ccccc1N.CN=C(N)C(=NCCN)NN(C)Cc1ccccc1C(F)(F)F. The van der Waals surface area contributed by atoms with Crippen molar-refractivity contribution in [3.8, 4) is 0 Å². The fourth-order valence-corrected chi connectivity index (χ4v) is 2.90. The smallest absolute Gasteiger partial charge is 0.399 e. The van der Waals surface area contributed by atoms with Crippen LogP contribution in [0.25, 0.3) is 0 Å². The number of nitrogens with zero attached hydrogens (tertiary/aromatic N) is 3. The van der Waals surface area contributed by atoms with Gasteiger partial charge in [-0.25, -0.2) is 5.01 Å². The van der Waals surface area contributed by atoms with Gasteiger partial charge in [-0.05, 0) is 29.7 Å². The van der Waals surface area contributed by atoms with E-state index < -0.39 is 11.7 Å². The molecule has 0 aromatic heterocycles. The molecule has 0 saturated carbocycles. The van der Waals surface area contributed by atoms with Crippen molar-refractivity contribution in [1.29, 1.82) is 0 Å². The molecule has 0 aliphatic carbocycles. The molecule has 0 heterocycles. The van der Waals surface area contributed by atoms with Gasteiger partial charge in [0, 0.05) is 32.9 Å². The number of nitrogens with one attached hydrogen (secondary N) is 1. The Morgan fingerprint density at radius 2 is 1.60 bits per heavy atom. The van der Waals surface area contributed by atoms with Crippen LogP contribution in [0.15, 0.2) is 58.5 Å². The molecular formula is C25H40F3N7. The number of hydrogen-bond acceptors (Lipinski definition) is 5. The van der Waals surface area contributed by atoms with Crippen LogP contribution in [0.1, 0.15) is 43.9 Å². The van der Waals surface area contributed by atoms with Gasteiger partial charge in [0.1, 0.15) is 0 Å². The minimum atomic E-state index is -4.40. The Morgan fingerprint density at radius 1 is 1.03 bits per heavy atom. The van der Waals surface area contributed by atoms with Crippen LogP contribution in [-0.4, -0.2) is 43.9 Å². The van der Waals surface area contributed by atoms with E-state index in [1.807, 2.05) is 32.0 Å². The Balaban J connectivity index is 0.000000798. The second-order valence-corrected chi connectivity index (χ2v) is 7.20. The number of aliphatic imine (C=N–C) groups is 2. The average molecular weight is 496 g/mol. The molecule has 7 N–H and O–H groups in total. The van der Waals surface area contributed by atoms with Crippen LogP contribution in [-0.2, 0) is 19.1 Å². The minimum Gasteiger partial charge on any atom is -0.399 e. The van der Waals surface area contributed by atoms with Crippen LogP contribution in [0.3, 0.4) is 0 Å². The first kappa shape index (κ1) is 31.9. The molecule has 0 atom stereocenters. The second-order valence-electron chi connectivity index (χ2n) is 7.20. The molecule has 0 amide bonds. The lowest BCUT2D eigenvalue weighted by Gasteiger charge is -2.22. The highest BCUT2D eigenvalue weighted by molar-refractivity contribution is 6.39. The zero-order chi connectivity index (χ0) is 26.9. The summed E-state index contributed by atoms with van der Waals surface area (Å²) in [5.74, 6) is 0.416. The van der Waals surface area contributed by atoms with Crippen LogP contribution in [0.4, 0.5) is 18.9 Å². The fraction of sp³-hybridized carbons (Fsp3) is 0.440. The number of alkyl halides is 3. The van der Waals surface area contributed by atoms with Gasteiger partial charge in [0.2, 0.25) is 0 Å². The number of rotatable bonds is 7. The molecule has 0 unspecified atom stereocenters. The van der Waals surface area contributed by atoms with E-state index in [1.165, 1.54) is 29.8 Å². The number of nitrogen functional groups attached to an aromatic ring is 1. The number of amidine groups is 2. The number of benzene rings is 2. The number of halogens is 3. The van der Waals surface area contributed by atoms with Gasteiger partial charge in [0.15, 0.2) is 11.7 Å². The summed E-state index contributed by atoms with van der Waals surface area (Å²) >= 11 is 0. The number of aryl methyl sites for hydroxylation is 1. The highest BCUT2D eigenvalue weighted by Gasteiger charge is 2.33. The molecule has 0 bridgehead atoms. The molecule has 2 aromatic rings. The molecule has 0 radical (unpaired) electrons. The maximum atomic E-state index is 13.0. The Kier molecular flexibility index (Phi) is 15.8. The van der Waals surface area contributed by atoms with Crippen molar-refractivity contribution < 1.29 is 13.2 Å². The van der Waals surface area contributed by atoms with Crippen molar-refractivity contribution in [2.24, 2.45) is 21.5 Å². The maximum Gasteiger partial charge on any atom is 0.416 e. The molecule has 2 aromatic carbocycles. The number of hydrogen-bond donors (Lipinski definition) is 4. The summed E-state index contributed by atoms with van der Waals surface area (Å²) < 4.78 is 39.0. The summed E-state index contributed by atoms with van der Waals surface area (Å²) in [6, 6.07) is 13.4. The molecule has 196 valence electrons. The third-order valence-electron chi connectivity index (χ3n) is 4.48. The quantitative estimate of drug-likeness (QED) is 0.198. The van der Waals surface area contributed by atoms with Crippen molar-refractivity contribution in [3.05, 3.63) is 65.2 Å². The van der Waals surface area contributed by atoms with Crippen molar-refractivity contribution in [3.63, 3.8) is 0 Å². The predicted octanol–water partition coefficient (Wildman–Crippen LogP) is 4.23. The molecule has 35 heavy (non-hydrogen) atoms. The van der Waals surface area contributed by atoms with Crippen molar-refractivity contribution in [2.45, 2.75) is 46.3 Å². The van der Waals surface area contributed by atoms with E-state index in [2.05, 4.69) is 28.4 Å². The van der Waals surface area contributed by atoms with E-state index in [9.17, 15) is 13.2 Å². The Morgan fingerprint density at radius 3 is 2.11 bits per heavy atom. The molecule has 0 aliphatic rings. The molecule has 2 rings (SSSR count). The number of anilines is 1. The normalized spacial score (nSPS) is 11.8. The first-order chi connectivity index (χ1) is 16.6.